The van der Waals surface area contributed by atoms with Gasteiger partial charge in [0.2, 0.25) is 0 Å². The van der Waals surface area contributed by atoms with E-state index in [0.717, 1.165) is 55.1 Å². The van der Waals surface area contributed by atoms with Gasteiger partial charge in [0.05, 0.1) is 33.1 Å². The zero-order chi connectivity index (χ0) is 29.5. The van der Waals surface area contributed by atoms with Crippen molar-refractivity contribution >= 4 is 65.6 Å². The van der Waals surface area contributed by atoms with Crippen molar-refractivity contribution in [3.05, 3.63) is 158 Å². The van der Waals surface area contributed by atoms with Crippen LogP contribution in [0.25, 0.3) is 88.1 Å². The van der Waals surface area contributed by atoms with E-state index < -0.39 is 0 Å². The molecule has 0 saturated carbocycles. The third-order valence-electron chi connectivity index (χ3n) is 9.32. The van der Waals surface area contributed by atoms with Crippen molar-refractivity contribution in [2.24, 2.45) is 0 Å². The lowest BCUT2D eigenvalue weighted by molar-refractivity contribution is 0.673. The summed E-state index contributed by atoms with van der Waals surface area (Å²) in [6.45, 7) is 0. The summed E-state index contributed by atoms with van der Waals surface area (Å²) in [5.41, 5.74) is 11.1. The zero-order valence-corrected chi connectivity index (χ0v) is 24.3. The van der Waals surface area contributed by atoms with Crippen LogP contribution in [0.15, 0.2) is 162 Å². The highest BCUT2D eigenvalue weighted by Crippen LogP contribution is 2.43. The summed E-state index contributed by atoms with van der Waals surface area (Å²) >= 11 is 0. The van der Waals surface area contributed by atoms with Gasteiger partial charge in [-0.1, -0.05) is 103 Å². The summed E-state index contributed by atoms with van der Waals surface area (Å²) in [6.07, 6.45) is 0. The van der Waals surface area contributed by atoms with E-state index in [1.54, 1.807) is 0 Å². The number of aromatic nitrogens is 2. The molecule has 0 amide bonds. The van der Waals surface area contributed by atoms with Crippen molar-refractivity contribution in [3.8, 4) is 22.5 Å². The third kappa shape index (κ3) is 3.41. The molecule has 0 aliphatic carbocycles. The number of rotatable bonds is 3. The van der Waals surface area contributed by atoms with Gasteiger partial charge in [-0.25, -0.2) is 0 Å². The minimum Gasteiger partial charge on any atom is -0.455 e. The summed E-state index contributed by atoms with van der Waals surface area (Å²) in [7, 11) is 0. The number of para-hydroxylation sites is 4. The predicted molar refractivity (Wildman–Crippen MR) is 188 cm³/mol. The maximum atomic E-state index is 6.69. The van der Waals surface area contributed by atoms with Gasteiger partial charge in [0.15, 0.2) is 0 Å². The Hall–Kier alpha value is -6.06. The van der Waals surface area contributed by atoms with E-state index >= 15 is 0 Å². The average molecular weight is 575 g/mol. The molecule has 210 valence electrons. The molecule has 0 saturated heterocycles. The van der Waals surface area contributed by atoms with Gasteiger partial charge in [-0.3, -0.25) is 0 Å². The molecule has 0 spiro atoms. The molecule has 0 aliphatic heterocycles. The molecule has 45 heavy (non-hydrogen) atoms. The molecule has 0 N–H and O–H groups in total. The van der Waals surface area contributed by atoms with Crippen LogP contribution < -0.4 is 0 Å². The van der Waals surface area contributed by atoms with Crippen LogP contribution in [0.4, 0.5) is 0 Å². The van der Waals surface area contributed by atoms with Gasteiger partial charge in [0, 0.05) is 38.2 Å². The SMILES string of the molecule is c1ccc(-c2ccccc2-n2c3ccc(-n4c5ccccc5c5ccccc54)cc3c3c4oc5ccccc5c4ccc32)cc1. The van der Waals surface area contributed by atoms with Crippen LogP contribution in [-0.2, 0) is 0 Å². The number of nitrogens with zero attached hydrogens (tertiary/aromatic N) is 2. The molecule has 0 aliphatic rings. The van der Waals surface area contributed by atoms with Crippen LogP contribution in [0.3, 0.4) is 0 Å². The first-order chi connectivity index (χ1) is 22.3. The minimum absolute atomic E-state index is 0.907. The molecular formula is C42H26N2O. The first-order valence-corrected chi connectivity index (χ1v) is 15.4. The Labute approximate surface area is 258 Å². The molecule has 0 radical (unpaired) electrons. The van der Waals surface area contributed by atoms with Crippen LogP contribution in [-0.4, -0.2) is 9.13 Å². The second-order valence-electron chi connectivity index (χ2n) is 11.7. The Balaban J connectivity index is 1.36. The number of hydrogen-bond donors (Lipinski definition) is 0. The Kier molecular flexibility index (Phi) is 5.00. The molecule has 10 aromatic rings. The Morgan fingerprint density at radius 2 is 1.02 bits per heavy atom. The fraction of sp³-hybridized carbons (Fsp3) is 0. The van der Waals surface area contributed by atoms with Gasteiger partial charge in [0.25, 0.3) is 0 Å². The summed E-state index contributed by atoms with van der Waals surface area (Å²) in [4.78, 5) is 0. The Morgan fingerprint density at radius 3 is 1.82 bits per heavy atom. The van der Waals surface area contributed by atoms with Gasteiger partial charge in [-0.05, 0) is 60.2 Å². The largest absolute Gasteiger partial charge is 0.455 e. The normalized spacial score (nSPS) is 12.0. The fourth-order valence-electron chi connectivity index (χ4n) is 7.40. The van der Waals surface area contributed by atoms with Gasteiger partial charge in [0.1, 0.15) is 11.2 Å². The summed E-state index contributed by atoms with van der Waals surface area (Å²) in [5, 5.41) is 7.08. The maximum absolute atomic E-state index is 6.69. The van der Waals surface area contributed by atoms with E-state index in [1.165, 1.54) is 32.9 Å². The van der Waals surface area contributed by atoms with E-state index in [2.05, 4.69) is 161 Å². The second-order valence-corrected chi connectivity index (χ2v) is 11.7. The molecule has 0 bridgehead atoms. The number of hydrogen-bond acceptors (Lipinski definition) is 1. The smallest absolute Gasteiger partial charge is 0.145 e. The highest BCUT2D eigenvalue weighted by atomic mass is 16.3. The highest BCUT2D eigenvalue weighted by Gasteiger charge is 2.21. The lowest BCUT2D eigenvalue weighted by atomic mass is 10.0. The van der Waals surface area contributed by atoms with Crippen LogP contribution in [0.2, 0.25) is 0 Å². The molecule has 0 atom stereocenters. The molecular weight excluding hydrogens is 548 g/mol. The van der Waals surface area contributed by atoms with E-state index in [9.17, 15) is 0 Å². The Morgan fingerprint density at radius 1 is 0.400 bits per heavy atom. The fourth-order valence-corrected chi connectivity index (χ4v) is 7.40. The molecule has 0 unspecified atom stereocenters. The highest BCUT2D eigenvalue weighted by molar-refractivity contribution is 6.24. The molecule has 3 nitrogen and oxygen atoms in total. The quantitative estimate of drug-likeness (QED) is 0.206. The molecule has 3 heteroatoms. The van der Waals surface area contributed by atoms with E-state index in [1.807, 2.05) is 6.07 Å². The number of benzene rings is 7. The monoisotopic (exact) mass is 574 g/mol. The number of fused-ring (bicyclic) bond motifs is 10. The van der Waals surface area contributed by atoms with Crippen molar-refractivity contribution < 1.29 is 4.42 Å². The summed E-state index contributed by atoms with van der Waals surface area (Å²) in [5.74, 6) is 0. The topological polar surface area (TPSA) is 23.0 Å². The molecule has 7 aromatic carbocycles. The van der Waals surface area contributed by atoms with Crippen LogP contribution in [0.5, 0.6) is 0 Å². The lowest BCUT2D eigenvalue weighted by Crippen LogP contribution is -1.98. The van der Waals surface area contributed by atoms with Crippen molar-refractivity contribution in [2.75, 3.05) is 0 Å². The molecule has 0 fully saturated rings. The van der Waals surface area contributed by atoms with Crippen LogP contribution in [0.1, 0.15) is 0 Å². The van der Waals surface area contributed by atoms with Gasteiger partial charge in [-0.2, -0.15) is 0 Å². The lowest BCUT2D eigenvalue weighted by Gasteiger charge is -2.14. The molecule has 10 rings (SSSR count). The summed E-state index contributed by atoms with van der Waals surface area (Å²) < 4.78 is 11.5. The van der Waals surface area contributed by atoms with Gasteiger partial charge < -0.3 is 13.6 Å². The third-order valence-corrected chi connectivity index (χ3v) is 9.32. The van der Waals surface area contributed by atoms with E-state index in [-0.39, 0.29) is 0 Å². The second kappa shape index (κ2) is 9.22. The van der Waals surface area contributed by atoms with Gasteiger partial charge >= 0.3 is 0 Å². The first-order valence-electron chi connectivity index (χ1n) is 15.4. The predicted octanol–water partition coefficient (Wildman–Crippen LogP) is 11.4. The van der Waals surface area contributed by atoms with E-state index in [4.69, 9.17) is 4.42 Å². The summed E-state index contributed by atoms with van der Waals surface area (Å²) in [6, 6.07) is 56.4. The van der Waals surface area contributed by atoms with Crippen molar-refractivity contribution in [2.45, 2.75) is 0 Å². The zero-order valence-electron chi connectivity index (χ0n) is 24.3. The van der Waals surface area contributed by atoms with Crippen LogP contribution >= 0.6 is 0 Å². The van der Waals surface area contributed by atoms with Crippen LogP contribution in [0, 0.1) is 0 Å². The maximum Gasteiger partial charge on any atom is 0.145 e. The van der Waals surface area contributed by atoms with Crippen molar-refractivity contribution in [3.63, 3.8) is 0 Å². The molecule has 3 aromatic heterocycles. The standard InChI is InChI=1S/C42H26N2O/c1-2-12-27(13-3-1)29-14-4-8-18-35(29)44-38-24-22-28(43-36-19-9-5-15-30(36)31-16-6-10-20-37(31)43)26-34(38)41-39(44)25-23-33-32-17-7-11-21-40(32)45-42(33)41/h1-26H. The first kappa shape index (κ1) is 24.4. The average Bonchev–Trinajstić information content (AvgIpc) is 3.76. The van der Waals surface area contributed by atoms with Gasteiger partial charge in [-0.15, -0.1) is 0 Å². The van der Waals surface area contributed by atoms with E-state index in [0.29, 0.717) is 0 Å². The number of furan rings is 1. The molecule has 3 heterocycles. The minimum atomic E-state index is 0.907. The van der Waals surface area contributed by atoms with Crippen molar-refractivity contribution in [1.29, 1.82) is 0 Å². The van der Waals surface area contributed by atoms with Crippen molar-refractivity contribution in [1.82, 2.24) is 9.13 Å². The Bertz CT molecular complexity index is 2710.